The minimum absolute atomic E-state index is 0. The van der Waals surface area contributed by atoms with Crippen LogP contribution in [0.4, 0.5) is 4.39 Å². The minimum Gasteiger partial charge on any atom is -0.326 e. The van der Waals surface area contributed by atoms with Crippen molar-refractivity contribution in [1.29, 1.82) is 0 Å². The first kappa shape index (κ1) is 10.4. The molecule has 3 nitrogen and oxygen atoms in total. The third-order valence-corrected chi connectivity index (χ3v) is 1.47. The van der Waals surface area contributed by atoms with E-state index in [4.69, 9.17) is 5.73 Å². The number of halogens is 2. The van der Waals surface area contributed by atoms with Crippen molar-refractivity contribution in [2.24, 2.45) is 12.8 Å². The molecule has 0 radical (unpaired) electrons. The third kappa shape index (κ3) is 1.70. The standard InChI is InChI=1S/C6H10FN3.ClH/c1-4-5(3-8)6(7)10(2)9-4;/h3,8H2,1-2H3;1H. The molecule has 0 fully saturated rings. The lowest BCUT2D eigenvalue weighted by Gasteiger charge is -1.90. The quantitative estimate of drug-likeness (QED) is 0.692. The van der Waals surface area contributed by atoms with E-state index in [0.717, 1.165) is 0 Å². The van der Waals surface area contributed by atoms with Crippen molar-refractivity contribution >= 4 is 12.4 Å². The lowest BCUT2D eigenvalue weighted by molar-refractivity contribution is 0.495. The summed E-state index contributed by atoms with van der Waals surface area (Å²) in [5, 5.41) is 3.84. The predicted molar refractivity (Wildman–Crippen MR) is 43.0 cm³/mol. The van der Waals surface area contributed by atoms with Crippen LogP contribution < -0.4 is 5.73 Å². The number of nitrogens with two attached hydrogens (primary N) is 1. The summed E-state index contributed by atoms with van der Waals surface area (Å²) in [4.78, 5) is 0. The Hall–Kier alpha value is -0.610. The summed E-state index contributed by atoms with van der Waals surface area (Å²) < 4.78 is 14.0. The summed E-state index contributed by atoms with van der Waals surface area (Å²) in [6, 6.07) is 0. The summed E-state index contributed by atoms with van der Waals surface area (Å²) in [6.07, 6.45) is 0. The first-order valence-electron chi connectivity index (χ1n) is 3.05. The molecule has 1 aromatic rings. The van der Waals surface area contributed by atoms with E-state index in [2.05, 4.69) is 5.10 Å². The molecule has 1 heterocycles. The van der Waals surface area contributed by atoms with Crippen molar-refractivity contribution in [3.05, 3.63) is 17.2 Å². The fourth-order valence-corrected chi connectivity index (χ4v) is 0.906. The highest BCUT2D eigenvalue weighted by atomic mass is 35.5. The zero-order chi connectivity index (χ0) is 7.72. The van der Waals surface area contributed by atoms with Gasteiger partial charge in [-0.05, 0) is 6.92 Å². The van der Waals surface area contributed by atoms with Crippen LogP contribution in [0.25, 0.3) is 0 Å². The Kier molecular flexibility index (Phi) is 3.48. The van der Waals surface area contributed by atoms with Crippen LogP contribution >= 0.6 is 12.4 Å². The number of hydrogen-bond donors (Lipinski definition) is 1. The van der Waals surface area contributed by atoms with E-state index in [-0.39, 0.29) is 24.9 Å². The van der Waals surface area contributed by atoms with Gasteiger partial charge in [-0.2, -0.15) is 9.49 Å². The minimum atomic E-state index is -0.333. The molecular weight excluding hydrogens is 169 g/mol. The maximum absolute atomic E-state index is 12.8. The van der Waals surface area contributed by atoms with Crippen LogP contribution in [-0.2, 0) is 13.6 Å². The van der Waals surface area contributed by atoms with Crippen molar-refractivity contribution in [1.82, 2.24) is 9.78 Å². The van der Waals surface area contributed by atoms with Gasteiger partial charge in [0.15, 0.2) is 0 Å². The largest absolute Gasteiger partial charge is 0.326 e. The Morgan fingerprint density at radius 3 is 2.36 bits per heavy atom. The second kappa shape index (κ2) is 3.69. The Bertz CT molecular complexity index is 246. The number of rotatable bonds is 1. The van der Waals surface area contributed by atoms with E-state index in [0.29, 0.717) is 11.3 Å². The van der Waals surface area contributed by atoms with Crippen LogP contribution in [0.3, 0.4) is 0 Å². The van der Waals surface area contributed by atoms with Crippen LogP contribution in [0, 0.1) is 12.9 Å². The molecule has 0 spiro atoms. The van der Waals surface area contributed by atoms with E-state index in [9.17, 15) is 4.39 Å². The highest BCUT2D eigenvalue weighted by molar-refractivity contribution is 5.85. The Balaban J connectivity index is 0.000001000. The Morgan fingerprint density at radius 1 is 1.64 bits per heavy atom. The van der Waals surface area contributed by atoms with E-state index in [1.54, 1.807) is 14.0 Å². The molecule has 0 aliphatic heterocycles. The van der Waals surface area contributed by atoms with Gasteiger partial charge in [-0.1, -0.05) is 0 Å². The van der Waals surface area contributed by atoms with Gasteiger partial charge in [-0.25, -0.2) is 4.68 Å². The van der Waals surface area contributed by atoms with Crippen LogP contribution in [0.5, 0.6) is 0 Å². The molecule has 0 aliphatic rings. The molecule has 1 rings (SSSR count). The number of aryl methyl sites for hydroxylation is 2. The van der Waals surface area contributed by atoms with Gasteiger partial charge < -0.3 is 5.73 Å². The first-order chi connectivity index (χ1) is 4.66. The van der Waals surface area contributed by atoms with E-state index in [1.165, 1.54) is 4.68 Å². The molecule has 11 heavy (non-hydrogen) atoms. The van der Waals surface area contributed by atoms with Crippen molar-refractivity contribution in [3.8, 4) is 0 Å². The Morgan fingerprint density at radius 2 is 2.18 bits per heavy atom. The second-order valence-corrected chi connectivity index (χ2v) is 2.18. The maximum atomic E-state index is 12.8. The smallest absolute Gasteiger partial charge is 0.215 e. The summed E-state index contributed by atoms with van der Waals surface area (Å²) in [5.41, 5.74) is 6.44. The van der Waals surface area contributed by atoms with Gasteiger partial charge in [0.05, 0.1) is 5.69 Å². The molecule has 0 unspecified atom stereocenters. The molecule has 2 N–H and O–H groups in total. The molecule has 0 aliphatic carbocycles. The monoisotopic (exact) mass is 179 g/mol. The van der Waals surface area contributed by atoms with Crippen LogP contribution in [0.15, 0.2) is 0 Å². The summed E-state index contributed by atoms with van der Waals surface area (Å²) in [5.74, 6) is -0.333. The number of hydrogen-bond acceptors (Lipinski definition) is 2. The zero-order valence-electron chi connectivity index (χ0n) is 6.47. The SMILES string of the molecule is Cc1nn(C)c(F)c1CN.Cl. The molecule has 0 atom stereocenters. The molecule has 0 saturated carbocycles. The number of nitrogens with zero attached hydrogens (tertiary/aromatic N) is 2. The van der Waals surface area contributed by atoms with Gasteiger partial charge in [0, 0.05) is 19.2 Å². The summed E-state index contributed by atoms with van der Waals surface area (Å²) in [7, 11) is 1.56. The highest BCUT2D eigenvalue weighted by Crippen LogP contribution is 2.08. The first-order valence-corrected chi connectivity index (χ1v) is 3.05. The molecule has 0 aromatic carbocycles. The van der Waals surface area contributed by atoms with Crippen LogP contribution in [0.2, 0.25) is 0 Å². The molecule has 64 valence electrons. The van der Waals surface area contributed by atoms with Gasteiger partial charge in [-0.3, -0.25) is 0 Å². The van der Waals surface area contributed by atoms with Crippen LogP contribution in [-0.4, -0.2) is 9.78 Å². The van der Waals surface area contributed by atoms with Gasteiger partial charge in [0.1, 0.15) is 0 Å². The average Bonchev–Trinajstić information content (AvgIpc) is 2.09. The number of aromatic nitrogens is 2. The third-order valence-electron chi connectivity index (χ3n) is 1.47. The summed E-state index contributed by atoms with van der Waals surface area (Å²) >= 11 is 0. The zero-order valence-corrected chi connectivity index (χ0v) is 7.28. The van der Waals surface area contributed by atoms with E-state index in [1.807, 2.05) is 0 Å². The van der Waals surface area contributed by atoms with E-state index < -0.39 is 0 Å². The second-order valence-electron chi connectivity index (χ2n) is 2.18. The molecule has 0 amide bonds. The maximum Gasteiger partial charge on any atom is 0.215 e. The lowest BCUT2D eigenvalue weighted by Crippen LogP contribution is -2.00. The fraction of sp³-hybridized carbons (Fsp3) is 0.500. The van der Waals surface area contributed by atoms with Gasteiger partial charge in [0.25, 0.3) is 0 Å². The molecule has 1 aromatic heterocycles. The lowest BCUT2D eigenvalue weighted by atomic mass is 10.3. The van der Waals surface area contributed by atoms with Crippen molar-refractivity contribution in [2.75, 3.05) is 0 Å². The topological polar surface area (TPSA) is 43.8 Å². The van der Waals surface area contributed by atoms with E-state index >= 15 is 0 Å². The van der Waals surface area contributed by atoms with Gasteiger partial charge >= 0.3 is 0 Å². The molecule has 0 saturated heterocycles. The van der Waals surface area contributed by atoms with Crippen molar-refractivity contribution < 1.29 is 4.39 Å². The van der Waals surface area contributed by atoms with Crippen molar-refractivity contribution in [2.45, 2.75) is 13.5 Å². The molecule has 0 bridgehead atoms. The molecule has 5 heteroatoms. The van der Waals surface area contributed by atoms with Gasteiger partial charge in [0.2, 0.25) is 5.95 Å². The fourth-order valence-electron chi connectivity index (χ4n) is 0.906. The van der Waals surface area contributed by atoms with Gasteiger partial charge in [-0.15, -0.1) is 12.4 Å². The normalized spacial score (nSPS) is 9.45. The average molecular weight is 180 g/mol. The molecular formula is C6H11ClFN3. The van der Waals surface area contributed by atoms with Crippen LogP contribution in [0.1, 0.15) is 11.3 Å². The predicted octanol–water partition coefficient (Wildman–Crippen LogP) is 0.748. The van der Waals surface area contributed by atoms with Crippen molar-refractivity contribution in [3.63, 3.8) is 0 Å². The Labute approximate surface area is 70.8 Å². The summed E-state index contributed by atoms with van der Waals surface area (Å²) in [6.45, 7) is 1.96. The highest BCUT2D eigenvalue weighted by Gasteiger charge is 2.09.